The first kappa shape index (κ1) is 15.4. The summed E-state index contributed by atoms with van der Waals surface area (Å²) < 4.78 is 4.96. The van der Waals surface area contributed by atoms with Gasteiger partial charge in [0, 0.05) is 63.0 Å². The van der Waals surface area contributed by atoms with Crippen LogP contribution in [0.3, 0.4) is 0 Å². The van der Waals surface area contributed by atoms with Gasteiger partial charge in [0.25, 0.3) is 0 Å². The van der Waals surface area contributed by atoms with E-state index in [0.29, 0.717) is 11.3 Å². The third-order valence-corrected chi connectivity index (χ3v) is 2.49. The van der Waals surface area contributed by atoms with Gasteiger partial charge in [-0.25, -0.2) is 0 Å². The Morgan fingerprint density at radius 3 is 2.33 bits per heavy atom. The molecule has 3 nitrogen and oxygen atoms in total. The second-order valence-electron chi connectivity index (χ2n) is 3.58. The molecule has 0 saturated carbocycles. The van der Waals surface area contributed by atoms with Crippen LogP contribution < -0.4 is 4.74 Å². The number of phenolic OH excluding ortho intramolecular Hbond substituents is 1. The van der Waals surface area contributed by atoms with Crippen molar-refractivity contribution < 1.29 is 14.6 Å². The summed E-state index contributed by atoms with van der Waals surface area (Å²) in [5.41, 5.74) is 0.824. The van der Waals surface area contributed by atoms with Crippen molar-refractivity contribution in [1.82, 2.24) is 0 Å². The fraction of sp³-hybridized carbons (Fsp3) is 0.0714. The van der Waals surface area contributed by atoms with Crippen LogP contribution in [-0.4, -0.2) is 69.4 Å². The monoisotopic (exact) mass is 267 g/mol. The second kappa shape index (κ2) is 7.06. The Morgan fingerprint density at radius 1 is 1.11 bits per heavy atom. The molecule has 0 amide bonds. The Kier molecular flexibility index (Phi) is 6.04. The molecule has 0 fully saturated rings. The van der Waals surface area contributed by atoms with Crippen molar-refractivity contribution in [1.29, 1.82) is 0 Å². The zero-order chi connectivity index (χ0) is 12.3. The predicted molar refractivity (Wildman–Crippen MR) is 70.3 cm³/mol. The van der Waals surface area contributed by atoms with Gasteiger partial charge in [-0.3, -0.25) is 4.79 Å². The van der Waals surface area contributed by atoms with Crippen molar-refractivity contribution in [2.75, 3.05) is 7.11 Å². The third-order valence-electron chi connectivity index (χ3n) is 2.49. The van der Waals surface area contributed by atoms with Crippen LogP contribution in [0.4, 0.5) is 0 Å². The largest absolute Gasteiger partial charge is 0.507 e. The maximum atomic E-state index is 12.1. The third kappa shape index (κ3) is 3.43. The summed E-state index contributed by atoms with van der Waals surface area (Å²) in [5.74, 6) is 0.246. The van der Waals surface area contributed by atoms with E-state index in [1.165, 1.54) is 13.2 Å². The van der Waals surface area contributed by atoms with Crippen molar-refractivity contribution in [2.24, 2.45) is 0 Å². The summed E-state index contributed by atoms with van der Waals surface area (Å²) in [7, 11) is 1.51. The molecule has 0 atom stereocenters. The van der Waals surface area contributed by atoms with E-state index < -0.39 is 0 Å². The van der Waals surface area contributed by atoms with Crippen LogP contribution in [-0.2, 0) is 0 Å². The van der Waals surface area contributed by atoms with Gasteiger partial charge in [0.05, 0.1) is 12.7 Å². The predicted octanol–water partition coefficient (Wildman–Crippen LogP) is 2.25. The summed E-state index contributed by atoms with van der Waals surface area (Å²) >= 11 is 0. The van der Waals surface area contributed by atoms with Gasteiger partial charge >= 0.3 is 0 Å². The molecule has 0 spiro atoms. The molecule has 4 heteroatoms. The van der Waals surface area contributed by atoms with Crippen LogP contribution in [0.25, 0.3) is 0 Å². The first-order valence-electron chi connectivity index (χ1n) is 5.19. The SMILES string of the molecule is COc1ccc(C(=O)c2ccccc2)c(O)c1.[K]. The average molecular weight is 267 g/mol. The van der Waals surface area contributed by atoms with Gasteiger partial charge < -0.3 is 9.84 Å². The van der Waals surface area contributed by atoms with Crippen molar-refractivity contribution in [2.45, 2.75) is 0 Å². The number of ketones is 1. The summed E-state index contributed by atoms with van der Waals surface area (Å²) in [6, 6.07) is 13.5. The van der Waals surface area contributed by atoms with Gasteiger partial charge in [-0.2, -0.15) is 0 Å². The second-order valence-corrected chi connectivity index (χ2v) is 3.58. The molecule has 0 saturated heterocycles. The molecule has 0 aliphatic rings. The van der Waals surface area contributed by atoms with Gasteiger partial charge in [-0.05, 0) is 12.1 Å². The van der Waals surface area contributed by atoms with E-state index in [-0.39, 0.29) is 68.5 Å². The molecule has 2 aromatic rings. The molecule has 1 N–H and O–H groups in total. The minimum Gasteiger partial charge on any atom is -0.507 e. The summed E-state index contributed by atoms with van der Waals surface area (Å²) in [5, 5.41) is 9.75. The van der Waals surface area contributed by atoms with Crippen molar-refractivity contribution in [3.8, 4) is 11.5 Å². The van der Waals surface area contributed by atoms with Gasteiger partial charge in [-0.1, -0.05) is 30.3 Å². The number of hydrogen-bond donors (Lipinski definition) is 1. The quantitative estimate of drug-likeness (QED) is 0.685. The topological polar surface area (TPSA) is 46.5 Å². The van der Waals surface area contributed by atoms with Crippen LogP contribution in [0.15, 0.2) is 48.5 Å². The van der Waals surface area contributed by atoms with E-state index >= 15 is 0 Å². The zero-order valence-electron chi connectivity index (χ0n) is 10.4. The van der Waals surface area contributed by atoms with E-state index in [2.05, 4.69) is 0 Å². The number of phenols is 1. The van der Waals surface area contributed by atoms with Crippen molar-refractivity contribution in [3.63, 3.8) is 0 Å². The van der Waals surface area contributed by atoms with E-state index in [1.807, 2.05) is 6.07 Å². The maximum absolute atomic E-state index is 12.1. The molecule has 0 aliphatic heterocycles. The van der Waals surface area contributed by atoms with Crippen LogP contribution in [0.2, 0.25) is 0 Å². The summed E-state index contributed by atoms with van der Waals surface area (Å²) in [4.78, 5) is 12.1. The van der Waals surface area contributed by atoms with Gasteiger partial charge in [0.2, 0.25) is 0 Å². The summed E-state index contributed by atoms with van der Waals surface area (Å²) in [6.07, 6.45) is 0. The smallest absolute Gasteiger partial charge is 0.196 e. The molecule has 1 radical (unpaired) electrons. The number of carbonyl (C=O) groups is 1. The van der Waals surface area contributed by atoms with Crippen molar-refractivity contribution in [3.05, 3.63) is 59.7 Å². The number of methoxy groups -OCH3 is 1. The minimum absolute atomic E-state index is 0. The number of hydrogen-bond acceptors (Lipinski definition) is 3. The number of carbonyl (C=O) groups excluding carboxylic acids is 1. The van der Waals surface area contributed by atoms with Gasteiger partial charge in [-0.15, -0.1) is 0 Å². The molecule has 18 heavy (non-hydrogen) atoms. The zero-order valence-corrected chi connectivity index (χ0v) is 13.5. The van der Waals surface area contributed by atoms with Gasteiger partial charge in [0.15, 0.2) is 5.78 Å². The van der Waals surface area contributed by atoms with E-state index in [0.717, 1.165) is 0 Å². The molecular weight excluding hydrogens is 255 g/mol. The number of ether oxygens (including phenoxy) is 1. The first-order chi connectivity index (χ1) is 8.22. The van der Waals surface area contributed by atoms with Crippen LogP contribution in [0.1, 0.15) is 15.9 Å². The molecule has 0 heterocycles. The average Bonchev–Trinajstić information content (AvgIpc) is 2.39. The normalized spacial score (nSPS) is 9.39. The first-order valence-corrected chi connectivity index (χ1v) is 5.19. The Balaban J connectivity index is 0.00000162. The fourth-order valence-electron chi connectivity index (χ4n) is 1.58. The maximum Gasteiger partial charge on any atom is 0.196 e. The Labute approximate surface area is 148 Å². The van der Waals surface area contributed by atoms with E-state index in [9.17, 15) is 9.90 Å². The summed E-state index contributed by atoms with van der Waals surface area (Å²) in [6.45, 7) is 0. The molecule has 0 aliphatic carbocycles. The van der Waals surface area contributed by atoms with Crippen LogP contribution in [0, 0.1) is 0 Å². The van der Waals surface area contributed by atoms with E-state index in [4.69, 9.17) is 4.74 Å². The van der Waals surface area contributed by atoms with Gasteiger partial charge in [0.1, 0.15) is 11.5 Å². The van der Waals surface area contributed by atoms with Crippen molar-refractivity contribution >= 4 is 57.2 Å². The molecule has 2 rings (SSSR count). The minimum atomic E-state index is -0.203. The molecule has 87 valence electrons. The Hall–Kier alpha value is -0.654. The number of benzene rings is 2. The standard InChI is InChI=1S/C14H12O3.K/c1-17-11-7-8-12(13(15)9-11)14(16)10-5-3-2-4-6-10;/h2-9,15H,1H3;. The molecule has 0 bridgehead atoms. The molecule has 2 aromatic carbocycles. The van der Waals surface area contributed by atoms with Crippen LogP contribution >= 0.6 is 0 Å². The Bertz CT molecular complexity index is 538. The molecule has 0 unspecified atom stereocenters. The number of rotatable bonds is 3. The molecular formula is C14H12KO3. The van der Waals surface area contributed by atoms with E-state index in [1.54, 1.807) is 36.4 Å². The number of aromatic hydroxyl groups is 1. The fourth-order valence-corrected chi connectivity index (χ4v) is 1.58. The molecule has 0 aromatic heterocycles. The van der Waals surface area contributed by atoms with Crippen LogP contribution in [0.5, 0.6) is 11.5 Å². The Morgan fingerprint density at radius 2 is 1.78 bits per heavy atom.